The zero-order chi connectivity index (χ0) is 11.1. The average molecular weight is 205 g/mol. The number of terminal acetylenes is 1. The summed E-state index contributed by atoms with van der Waals surface area (Å²) in [6, 6.07) is 6.59. The second-order valence-corrected chi connectivity index (χ2v) is 3.69. The Labute approximate surface area is 90.5 Å². The van der Waals surface area contributed by atoms with Crippen molar-refractivity contribution in [1.29, 1.82) is 0 Å². The molecule has 0 heterocycles. The molecule has 1 nitrogen and oxygen atoms in total. The quantitative estimate of drug-likeness (QED) is 0.580. The van der Waals surface area contributed by atoms with Crippen LogP contribution in [0.1, 0.15) is 24.8 Å². The van der Waals surface area contributed by atoms with Gasteiger partial charge in [0.05, 0.1) is 0 Å². The van der Waals surface area contributed by atoms with E-state index < -0.39 is 0 Å². The smallest absolute Gasteiger partial charge is 0.123 e. The Hall–Kier alpha value is -1.33. The minimum atomic E-state index is -0.209. The summed E-state index contributed by atoms with van der Waals surface area (Å²) >= 11 is 0. The van der Waals surface area contributed by atoms with Crippen molar-refractivity contribution in [3.05, 3.63) is 35.6 Å². The molecule has 2 heteroatoms. The van der Waals surface area contributed by atoms with E-state index in [1.807, 2.05) is 0 Å². The fraction of sp³-hybridized carbons (Fsp3) is 0.385. The first-order valence-corrected chi connectivity index (χ1v) is 5.16. The molecule has 0 saturated heterocycles. The predicted molar refractivity (Wildman–Crippen MR) is 60.8 cm³/mol. The summed E-state index contributed by atoms with van der Waals surface area (Å²) < 4.78 is 12.6. The lowest BCUT2D eigenvalue weighted by Crippen LogP contribution is -2.22. The number of halogens is 1. The van der Waals surface area contributed by atoms with Gasteiger partial charge >= 0.3 is 0 Å². The van der Waals surface area contributed by atoms with Gasteiger partial charge in [-0.25, -0.2) is 4.39 Å². The van der Waals surface area contributed by atoms with Crippen LogP contribution in [-0.4, -0.2) is 6.04 Å². The van der Waals surface area contributed by atoms with E-state index in [-0.39, 0.29) is 11.9 Å². The maximum Gasteiger partial charge on any atom is 0.123 e. The molecule has 15 heavy (non-hydrogen) atoms. The molecule has 0 saturated carbocycles. The Kier molecular flexibility index (Phi) is 4.86. The predicted octanol–water partition coefficient (Wildman–Crippen LogP) is 2.50. The number of benzene rings is 1. The summed E-state index contributed by atoms with van der Waals surface area (Å²) in [5.74, 6) is 2.38. The fourth-order valence-corrected chi connectivity index (χ4v) is 1.49. The lowest BCUT2D eigenvalue weighted by Gasteiger charge is -2.10. The monoisotopic (exact) mass is 205 g/mol. The van der Waals surface area contributed by atoms with Crippen LogP contribution in [0.2, 0.25) is 0 Å². The molecule has 0 aliphatic carbocycles. The van der Waals surface area contributed by atoms with Crippen LogP contribution in [-0.2, 0) is 6.42 Å². The Balaban J connectivity index is 2.34. The fourth-order valence-electron chi connectivity index (χ4n) is 1.49. The number of unbranched alkanes of at least 4 members (excludes halogenated alkanes) is 1. The minimum Gasteiger partial charge on any atom is -0.327 e. The summed E-state index contributed by atoms with van der Waals surface area (Å²) in [6.07, 6.45) is 8.58. The molecule has 1 aromatic rings. The van der Waals surface area contributed by atoms with Crippen LogP contribution in [0.3, 0.4) is 0 Å². The van der Waals surface area contributed by atoms with Crippen molar-refractivity contribution in [2.24, 2.45) is 5.73 Å². The zero-order valence-corrected chi connectivity index (χ0v) is 8.75. The van der Waals surface area contributed by atoms with E-state index in [0.29, 0.717) is 0 Å². The van der Waals surface area contributed by atoms with Crippen LogP contribution in [0.5, 0.6) is 0 Å². The van der Waals surface area contributed by atoms with E-state index in [4.69, 9.17) is 12.2 Å². The van der Waals surface area contributed by atoms with Gasteiger partial charge in [-0.3, -0.25) is 0 Å². The number of nitrogens with two attached hydrogens (primary N) is 1. The first kappa shape index (κ1) is 11.7. The highest BCUT2D eigenvalue weighted by molar-refractivity contribution is 5.17. The van der Waals surface area contributed by atoms with Gasteiger partial charge in [0, 0.05) is 12.5 Å². The molecule has 0 radical (unpaired) electrons. The van der Waals surface area contributed by atoms with E-state index in [1.54, 1.807) is 12.1 Å². The molecule has 0 aliphatic rings. The van der Waals surface area contributed by atoms with E-state index in [0.717, 1.165) is 31.2 Å². The molecule has 0 spiro atoms. The van der Waals surface area contributed by atoms with Crippen LogP contribution < -0.4 is 5.73 Å². The maximum atomic E-state index is 12.6. The molecule has 0 fully saturated rings. The summed E-state index contributed by atoms with van der Waals surface area (Å²) in [6.45, 7) is 0. The first-order valence-electron chi connectivity index (χ1n) is 5.16. The summed E-state index contributed by atoms with van der Waals surface area (Å²) in [7, 11) is 0. The van der Waals surface area contributed by atoms with Gasteiger partial charge in [-0.15, -0.1) is 12.3 Å². The van der Waals surface area contributed by atoms with Crippen molar-refractivity contribution in [1.82, 2.24) is 0 Å². The summed E-state index contributed by atoms with van der Waals surface area (Å²) in [4.78, 5) is 0. The Morgan fingerprint density at radius 2 is 2.00 bits per heavy atom. The van der Waals surface area contributed by atoms with E-state index >= 15 is 0 Å². The van der Waals surface area contributed by atoms with E-state index in [2.05, 4.69) is 5.92 Å². The minimum absolute atomic E-state index is 0.115. The Morgan fingerprint density at radius 3 is 2.60 bits per heavy atom. The normalized spacial score (nSPS) is 12.1. The molecule has 0 aromatic heterocycles. The Morgan fingerprint density at radius 1 is 1.33 bits per heavy atom. The Bertz CT molecular complexity index is 323. The van der Waals surface area contributed by atoms with Crippen molar-refractivity contribution in [2.45, 2.75) is 31.7 Å². The SMILES string of the molecule is C#CCCCC(N)Cc1ccc(F)cc1. The highest BCUT2D eigenvalue weighted by Crippen LogP contribution is 2.08. The van der Waals surface area contributed by atoms with Crippen LogP contribution in [0.15, 0.2) is 24.3 Å². The molecule has 1 rings (SSSR count). The van der Waals surface area contributed by atoms with Crippen LogP contribution >= 0.6 is 0 Å². The largest absolute Gasteiger partial charge is 0.327 e. The molecule has 1 atom stereocenters. The topological polar surface area (TPSA) is 26.0 Å². The summed E-state index contributed by atoms with van der Waals surface area (Å²) in [5, 5.41) is 0. The molecule has 0 bridgehead atoms. The van der Waals surface area contributed by atoms with Crippen molar-refractivity contribution in [3.63, 3.8) is 0 Å². The van der Waals surface area contributed by atoms with E-state index in [1.165, 1.54) is 12.1 Å². The first-order chi connectivity index (χ1) is 7.22. The van der Waals surface area contributed by atoms with Gasteiger partial charge in [-0.05, 0) is 37.0 Å². The number of rotatable bonds is 5. The average Bonchev–Trinajstić information content (AvgIpc) is 2.22. The third kappa shape index (κ3) is 4.62. The summed E-state index contributed by atoms with van der Waals surface area (Å²) in [5.41, 5.74) is 7.00. The highest BCUT2D eigenvalue weighted by atomic mass is 19.1. The van der Waals surface area contributed by atoms with Crippen LogP contribution in [0.25, 0.3) is 0 Å². The van der Waals surface area contributed by atoms with Gasteiger partial charge < -0.3 is 5.73 Å². The molecule has 0 aliphatic heterocycles. The van der Waals surface area contributed by atoms with Gasteiger partial charge in [0.2, 0.25) is 0 Å². The van der Waals surface area contributed by atoms with Crippen molar-refractivity contribution >= 4 is 0 Å². The molecule has 0 amide bonds. The lowest BCUT2D eigenvalue weighted by atomic mass is 10.0. The lowest BCUT2D eigenvalue weighted by molar-refractivity contribution is 0.585. The van der Waals surface area contributed by atoms with Crippen LogP contribution in [0.4, 0.5) is 4.39 Å². The molecule has 80 valence electrons. The highest BCUT2D eigenvalue weighted by Gasteiger charge is 2.03. The van der Waals surface area contributed by atoms with Crippen molar-refractivity contribution in [3.8, 4) is 12.3 Å². The second kappa shape index (κ2) is 6.21. The molecular weight excluding hydrogens is 189 g/mol. The van der Waals surface area contributed by atoms with E-state index in [9.17, 15) is 4.39 Å². The molecule has 2 N–H and O–H groups in total. The standard InChI is InChI=1S/C13H16FN/c1-2-3-4-5-13(15)10-11-6-8-12(14)9-7-11/h1,6-9,13H,3-5,10,15H2. The molecular formula is C13H16FN. The number of hydrogen-bond acceptors (Lipinski definition) is 1. The van der Waals surface area contributed by atoms with Crippen molar-refractivity contribution in [2.75, 3.05) is 0 Å². The van der Waals surface area contributed by atoms with Gasteiger partial charge in [0.25, 0.3) is 0 Å². The molecule has 1 aromatic carbocycles. The van der Waals surface area contributed by atoms with Gasteiger partial charge in [0.1, 0.15) is 5.82 Å². The van der Waals surface area contributed by atoms with Crippen LogP contribution in [0, 0.1) is 18.2 Å². The van der Waals surface area contributed by atoms with Gasteiger partial charge in [-0.1, -0.05) is 12.1 Å². The van der Waals surface area contributed by atoms with Gasteiger partial charge in [0.15, 0.2) is 0 Å². The number of hydrogen-bond donors (Lipinski definition) is 1. The molecule has 1 unspecified atom stereocenters. The third-order valence-corrected chi connectivity index (χ3v) is 2.31. The zero-order valence-electron chi connectivity index (χ0n) is 8.75. The van der Waals surface area contributed by atoms with Crippen molar-refractivity contribution < 1.29 is 4.39 Å². The second-order valence-electron chi connectivity index (χ2n) is 3.69. The third-order valence-electron chi connectivity index (χ3n) is 2.31. The maximum absolute atomic E-state index is 12.6. The van der Waals surface area contributed by atoms with Gasteiger partial charge in [-0.2, -0.15) is 0 Å².